The molecule has 1 aliphatic carbocycles. The van der Waals surface area contributed by atoms with Crippen LogP contribution in [0.4, 0.5) is 0 Å². The summed E-state index contributed by atoms with van der Waals surface area (Å²) in [5, 5.41) is 10.4. The molecule has 2 nitrogen and oxygen atoms in total. The molecule has 1 fully saturated rings. The molecule has 2 rings (SSSR count). The highest BCUT2D eigenvalue weighted by atomic mass is 35.5. The van der Waals surface area contributed by atoms with E-state index in [4.69, 9.17) is 16.3 Å². The molecule has 0 radical (unpaired) electrons. The van der Waals surface area contributed by atoms with Crippen molar-refractivity contribution in [1.82, 2.24) is 0 Å². The number of hydrogen-bond donors (Lipinski definition) is 1. The predicted octanol–water partition coefficient (Wildman–Crippen LogP) is 3.33. The van der Waals surface area contributed by atoms with Crippen molar-refractivity contribution in [3.63, 3.8) is 0 Å². The second-order valence-electron chi connectivity index (χ2n) is 4.44. The van der Waals surface area contributed by atoms with E-state index in [9.17, 15) is 5.11 Å². The SMILES string of the molecule is Cc1ccc(O[C@@H]2CCCC[C@H]2O)c(Cl)c1. The molecule has 2 atom stereocenters. The Morgan fingerprint density at radius 3 is 2.75 bits per heavy atom. The summed E-state index contributed by atoms with van der Waals surface area (Å²) in [7, 11) is 0. The van der Waals surface area contributed by atoms with Gasteiger partial charge in [0.1, 0.15) is 11.9 Å². The van der Waals surface area contributed by atoms with Crippen LogP contribution in [-0.4, -0.2) is 17.3 Å². The van der Waals surface area contributed by atoms with Gasteiger partial charge in [-0.25, -0.2) is 0 Å². The Kier molecular flexibility index (Phi) is 3.72. The highest BCUT2D eigenvalue weighted by molar-refractivity contribution is 6.32. The summed E-state index contributed by atoms with van der Waals surface area (Å²) in [5.41, 5.74) is 1.11. The molecule has 1 saturated carbocycles. The summed E-state index contributed by atoms with van der Waals surface area (Å²) >= 11 is 6.09. The normalized spacial score (nSPS) is 25.4. The lowest BCUT2D eigenvalue weighted by molar-refractivity contribution is 0.00692. The molecule has 0 heterocycles. The zero-order chi connectivity index (χ0) is 11.5. The molecule has 1 N–H and O–H groups in total. The van der Waals surface area contributed by atoms with E-state index < -0.39 is 0 Å². The molecule has 16 heavy (non-hydrogen) atoms. The maximum Gasteiger partial charge on any atom is 0.138 e. The van der Waals surface area contributed by atoms with Crippen LogP contribution in [0.5, 0.6) is 5.75 Å². The lowest BCUT2D eigenvalue weighted by atomic mass is 9.95. The third-order valence-electron chi connectivity index (χ3n) is 3.03. The van der Waals surface area contributed by atoms with Crippen molar-refractivity contribution in [2.24, 2.45) is 0 Å². The predicted molar refractivity (Wildman–Crippen MR) is 65.1 cm³/mol. The Morgan fingerprint density at radius 1 is 1.31 bits per heavy atom. The number of aryl methyl sites for hydroxylation is 1. The third-order valence-corrected chi connectivity index (χ3v) is 3.33. The van der Waals surface area contributed by atoms with E-state index in [1.165, 1.54) is 0 Å². The molecule has 0 saturated heterocycles. The second kappa shape index (κ2) is 5.07. The Morgan fingerprint density at radius 2 is 2.06 bits per heavy atom. The average molecular weight is 241 g/mol. The largest absolute Gasteiger partial charge is 0.486 e. The fourth-order valence-corrected chi connectivity index (χ4v) is 2.36. The maximum atomic E-state index is 9.81. The molecule has 0 aromatic heterocycles. The molecular formula is C13H17ClO2. The van der Waals surface area contributed by atoms with Gasteiger partial charge >= 0.3 is 0 Å². The van der Waals surface area contributed by atoms with Gasteiger partial charge in [0.15, 0.2) is 0 Å². The van der Waals surface area contributed by atoms with Crippen molar-refractivity contribution in [3.8, 4) is 5.75 Å². The van der Waals surface area contributed by atoms with Gasteiger partial charge in [-0.1, -0.05) is 24.1 Å². The third kappa shape index (κ3) is 2.69. The number of ether oxygens (including phenoxy) is 1. The number of hydrogen-bond acceptors (Lipinski definition) is 2. The van der Waals surface area contributed by atoms with Crippen molar-refractivity contribution in [3.05, 3.63) is 28.8 Å². The van der Waals surface area contributed by atoms with Gasteiger partial charge in [0.25, 0.3) is 0 Å². The first-order valence-electron chi connectivity index (χ1n) is 5.77. The summed E-state index contributed by atoms with van der Waals surface area (Å²) in [6.45, 7) is 1.99. The zero-order valence-corrected chi connectivity index (χ0v) is 10.2. The van der Waals surface area contributed by atoms with Crippen LogP contribution in [0.1, 0.15) is 31.2 Å². The Labute approximate surface area is 101 Å². The van der Waals surface area contributed by atoms with Crippen LogP contribution in [0, 0.1) is 6.92 Å². The Hall–Kier alpha value is -0.730. The summed E-state index contributed by atoms with van der Waals surface area (Å²) < 4.78 is 5.77. The number of rotatable bonds is 2. The first-order chi connectivity index (χ1) is 7.66. The van der Waals surface area contributed by atoms with Crippen molar-refractivity contribution in [2.45, 2.75) is 44.8 Å². The van der Waals surface area contributed by atoms with Gasteiger partial charge in [-0.2, -0.15) is 0 Å². The summed E-state index contributed by atoms with van der Waals surface area (Å²) in [6, 6.07) is 5.72. The highest BCUT2D eigenvalue weighted by Crippen LogP contribution is 2.29. The van der Waals surface area contributed by atoms with E-state index in [0.717, 1.165) is 31.2 Å². The monoisotopic (exact) mass is 240 g/mol. The van der Waals surface area contributed by atoms with Crippen molar-refractivity contribution >= 4 is 11.6 Å². The summed E-state index contributed by atoms with van der Waals surface area (Å²) in [6.07, 6.45) is 3.48. The van der Waals surface area contributed by atoms with E-state index >= 15 is 0 Å². The van der Waals surface area contributed by atoms with Crippen molar-refractivity contribution in [1.29, 1.82) is 0 Å². The smallest absolute Gasteiger partial charge is 0.138 e. The molecule has 3 heteroatoms. The molecule has 88 valence electrons. The topological polar surface area (TPSA) is 29.5 Å². The Balaban J connectivity index is 2.07. The number of aliphatic hydroxyl groups excluding tert-OH is 1. The minimum atomic E-state index is -0.355. The van der Waals surface area contributed by atoms with Crippen molar-refractivity contribution in [2.75, 3.05) is 0 Å². The lowest BCUT2D eigenvalue weighted by Crippen LogP contribution is -2.34. The minimum Gasteiger partial charge on any atom is -0.486 e. The molecule has 0 spiro atoms. The molecule has 1 aliphatic rings. The van der Waals surface area contributed by atoms with Gasteiger partial charge in [0.2, 0.25) is 0 Å². The standard InChI is InChI=1S/C13H17ClO2/c1-9-6-7-12(10(14)8-9)16-13-5-3-2-4-11(13)15/h6-8,11,13,15H,2-5H2,1H3/t11-,13-/m1/s1. The van der Waals surface area contributed by atoms with E-state index in [1.807, 2.05) is 25.1 Å². The number of benzene rings is 1. The van der Waals surface area contributed by atoms with Gasteiger partial charge in [-0.15, -0.1) is 0 Å². The van der Waals surface area contributed by atoms with Crippen molar-refractivity contribution < 1.29 is 9.84 Å². The molecule has 0 aliphatic heterocycles. The Bertz CT molecular complexity index is 365. The van der Waals surface area contributed by atoms with Crippen LogP contribution >= 0.6 is 11.6 Å². The number of aliphatic hydroxyl groups is 1. The minimum absolute atomic E-state index is 0.103. The number of halogens is 1. The molecule has 0 unspecified atom stereocenters. The highest BCUT2D eigenvalue weighted by Gasteiger charge is 2.25. The summed E-state index contributed by atoms with van der Waals surface area (Å²) in [4.78, 5) is 0. The van der Waals surface area contributed by atoms with Gasteiger partial charge in [-0.05, 0) is 43.9 Å². The average Bonchev–Trinajstić information content (AvgIpc) is 2.25. The quantitative estimate of drug-likeness (QED) is 0.859. The second-order valence-corrected chi connectivity index (χ2v) is 4.85. The van der Waals surface area contributed by atoms with Crippen LogP contribution in [-0.2, 0) is 0 Å². The van der Waals surface area contributed by atoms with E-state index in [-0.39, 0.29) is 12.2 Å². The van der Waals surface area contributed by atoms with Gasteiger partial charge in [-0.3, -0.25) is 0 Å². The van der Waals surface area contributed by atoms with Crippen LogP contribution < -0.4 is 4.74 Å². The first-order valence-corrected chi connectivity index (χ1v) is 6.15. The fraction of sp³-hybridized carbons (Fsp3) is 0.538. The molecule has 0 amide bonds. The molecule has 1 aromatic rings. The van der Waals surface area contributed by atoms with Gasteiger partial charge in [0.05, 0.1) is 11.1 Å². The summed E-state index contributed by atoms with van der Waals surface area (Å²) in [5.74, 6) is 0.679. The van der Waals surface area contributed by atoms with E-state index in [0.29, 0.717) is 10.8 Å². The van der Waals surface area contributed by atoms with Crippen LogP contribution in [0.2, 0.25) is 5.02 Å². The van der Waals surface area contributed by atoms with Crippen LogP contribution in [0.25, 0.3) is 0 Å². The molecule has 0 bridgehead atoms. The van der Waals surface area contributed by atoms with Crippen LogP contribution in [0.3, 0.4) is 0 Å². The zero-order valence-electron chi connectivity index (χ0n) is 9.45. The fourth-order valence-electron chi connectivity index (χ4n) is 2.08. The molecular weight excluding hydrogens is 224 g/mol. The van der Waals surface area contributed by atoms with E-state index in [2.05, 4.69) is 0 Å². The van der Waals surface area contributed by atoms with Gasteiger partial charge < -0.3 is 9.84 Å². The lowest BCUT2D eigenvalue weighted by Gasteiger charge is -2.28. The van der Waals surface area contributed by atoms with E-state index in [1.54, 1.807) is 0 Å². The molecule has 1 aromatic carbocycles. The first kappa shape index (κ1) is 11.7. The van der Waals surface area contributed by atoms with Gasteiger partial charge in [0, 0.05) is 0 Å². The maximum absolute atomic E-state index is 9.81. The van der Waals surface area contributed by atoms with Crippen LogP contribution in [0.15, 0.2) is 18.2 Å².